The van der Waals surface area contributed by atoms with Crippen molar-refractivity contribution in [2.24, 2.45) is 5.92 Å². The summed E-state index contributed by atoms with van der Waals surface area (Å²) in [7, 11) is 0. The predicted molar refractivity (Wildman–Crippen MR) is 77.7 cm³/mol. The first-order chi connectivity index (χ1) is 9.18. The highest BCUT2D eigenvalue weighted by Gasteiger charge is 2.27. The molecule has 3 heteroatoms. The average Bonchev–Trinajstić information content (AvgIpc) is 2.46. The first-order valence-electron chi connectivity index (χ1n) is 7.23. The van der Waals surface area contributed by atoms with Crippen molar-refractivity contribution >= 4 is 5.91 Å². The number of amides is 1. The van der Waals surface area contributed by atoms with Crippen LogP contribution in [0.15, 0.2) is 30.3 Å². The van der Waals surface area contributed by atoms with E-state index in [4.69, 9.17) is 0 Å². The lowest BCUT2D eigenvalue weighted by Crippen LogP contribution is -2.43. The fourth-order valence-electron chi connectivity index (χ4n) is 2.60. The summed E-state index contributed by atoms with van der Waals surface area (Å²) in [5.74, 6) is 0.521. The van der Waals surface area contributed by atoms with E-state index in [9.17, 15) is 4.79 Å². The minimum Gasteiger partial charge on any atom is -0.336 e. The van der Waals surface area contributed by atoms with E-state index in [1.54, 1.807) is 0 Å². The molecular weight excluding hydrogens is 236 g/mol. The van der Waals surface area contributed by atoms with Crippen molar-refractivity contribution in [3.05, 3.63) is 35.9 Å². The number of nitrogens with one attached hydrogen (secondary N) is 1. The lowest BCUT2D eigenvalue weighted by atomic mass is 9.95. The van der Waals surface area contributed by atoms with Gasteiger partial charge in [0.05, 0.1) is 0 Å². The van der Waals surface area contributed by atoms with Crippen molar-refractivity contribution in [3.63, 3.8) is 0 Å². The maximum absolute atomic E-state index is 12.6. The molecule has 0 aliphatic carbocycles. The summed E-state index contributed by atoms with van der Waals surface area (Å²) in [5.41, 5.74) is 1.21. The lowest BCUT2D eigenvalue weighted by molar-refractivity contribution is -0.138. The molecule has 1 aliphatic rings. The van der Waals surface area contributed by atoms with Gasteiger partial charge < -0.3 is 10.2 Å². The Labute approximate surface area is 116 Å². The third-order valence-corrected chi connectivity index (χ3v) is 3.79. The molecule has 1 aliphatic heterocycles. The average molecular weight is 260 g/mol. The molecule has 104 valence electrons. The quantitative estimate of drug-likeness (QED) is 0.901. The molecule has 1 heterocycles. The van der Waals surface area contributed by atoms with Crippen LogP contribution in [0.3, 0.4) is 0 Å². The molecule has 2 rings (SSSR count). The van der Waals surface area contributed by atoms with Crippen molar-refractivity contribution in [2.45, 2.75) is 39.3 Å². The van der Waals surface area contributed by atoms with Crippen LogP contribution in [0.1, 0.15) is 32.3 Å². The van der Waals surface area contributed by atoms with E-state index in [0.717, 1.165) is 32.5 Å². The van der Waals surface area contributed by atoms with Gasteiger partial charge in [0.2, 0.25) is 5.91 Å². The molecule has 0 aromatic heterocycles. The highest BCUT2D eigenvalue weighted by molar-refractivity contribution is 5.79. The van der Waals surface area contributed by atoms with Gasteiger partial charge in [0, 0.05) is 18.5 Å². The fraction of sp³-hybridized carbons (Fsp3) is 0.562. The minimum absolute atomic E-state index is 0.201. The molecule has 1 aromatic rings. The summed E-state index contributed by atoms with van der Waals surface area (Å²) < 4.78 is 0. The summed E-state index contributed by atoms with van der Waals surface area (Å²) in [5, 5.41) is 3.32. The van der Waals surface area contributed by atoms with Crippen molar-refractivity contribution in [3.8, 4) is 0 Å². The number of nitrogens with zero attached hydrogens (tertiary/aromatic N) is 1. The maximum atomic E-state index is 12.6. The zero-order valence-electron chi connectivity index (χ0n) is 11.9. The van der Waals surface area contributed by atoms with Gasteiger partial charge in [-0.15, -0.1) is 0 Å². The normalized spacial score (nSPS) is 16.6. The third-order valence-electron chi connectivity index (χ3n) is 3.79. The number of benzene rings is 1. The monoisotopic (exact) mass is 260 g/mol. The molecule has 0 atom stereocenters. The van der Waals surface area contributed by atoms with Crippen molar-refractivity contribution in [1.82, 2.24) is 10.2 Å². The van der Waals surface area contributed by atoms with E-state index in [-0.39, 0.29) is 12.0 Å². The van der Waals surface area contributed by atoms with E-state index in [1.165, 1.54) is 5.56 Å². The van der Waals surface area contributed by atoms with Crippen LogP contribution < -0.4 is 5.32 Å². The second-order valence-electron chi connectivity index (χ2n) is 5.57. The Balaban J connectivity index is 2.04. The summed E-state index contributed by atoms with van der Waals surface area (Å²) >= 11 is 0. The summed E-state index contributed by atoms with van der Waals surface area (Å²) in [6.07, 6.45) is 1.94. The Morgan fingerprint density at radius 1 is 1.26 bits per heavy atom. The van der Waals surface area contributed by atoms with Gasteiger partial charge in [-0.25, -0.2) is 0 Å². The number of carbonyl (C=O) groups is 1. The molecule has 0 bridgehead atoms. The lowest BCUT2D eigenvalue weighted by Gasteiger charge is -2.32. The molecule has 0 unspecified atom stereocenters. The van der Waals surface area contributed by atoms with E-state index >= 15 is 0 Å². The van der Waals surface area contributed by atoms with Crippen LogP contribution in [0.5, 0.6) is 0 Å². The van der Waals surface area contributed by atoms with Crippen LogP contribution in [-0.2, 0) is 11.3 Å². The van der Waals surface area contributed by atoms with Gasteiger partial charge >= 0.3 is 0 Å². The van der Waals surface area contributed by atoms with Crippen LogP contribution >= 0.6 is 0 Å². The molecule has 1 N–H and O–H groups in total. The predicted octanol–water partition coefficient (Wildman–Crippen LogP) is 2.42. The Morgan fingerprint density at radius 3 is 2.47 bits per heavy atom. The van der Waals surface area contributed by atoms with Gasteiger partial charge in [0.1, 0.15) is 0 Å². The van der Waals surface area contributed by atoms with E-state index < -0.39 is 0 Å². The standard InChI is InChI=1S/C16H24N2O/c1-13(2)18(12-14-6-4-3-5-7-14)16(19)15-8-10-17-11-9-15/h3-7,13,15,17H,8-12H2,1-2H3. The van der Waals surface area contributed by atoms with E-state index in [0.29, 0.717) is 5.91 Å². The SMILES string of the molecule is CC(C)N(Cc1ccccc1)C(=O)C1CCNCC1. The van der Waals surface area contributed by atoms with E-state index in [2.05, 4.69) is 31.3 Å². The summed E-state index contributed by atoms with van der Waals surface area (Å²) in [4.78, 5) is 14.7. The van der Waals surface area contributed by atoms with Gasteiger partial charge in [-0.2, -0.15) is 0 Å². The zero-order chi connectivity index (χ0) is 13.7. The van der Waals surface area contributed by atoms with Crippen LogP contribution in [-0.4, -0.2) is 29.9 Å². The minimum atomic E-state index is 0.201. The second-order valence-corrected chi connectivity index (χ2v) is 5.57. The Bertz CT molecular complexity index is 396. The fourth-order valence-corrected chi connectivity index (χ4v) is 2.60. The smallest absolute Gasteiger partial charge is 0.226 e. The van der Waals surface area contributed by atoms with Gasteiger partial charge in [0.25, 0.3) is 0 Å². The third kappa shape index (κ3) is 3.80. The van der Waals surface area contributed by atoms with Gasteiger partial charge in [-0.05, 0) is 45.3 Å². The molecule has 0 saturated carbocycles. The summed E-state index contributed by atoms with van der Waals surface area (Å²) in [6, 6.07) is 10.5. The first kappa shape index (κ1) is 14.1. The number of piperidine rings is 1. The van der Waals surface area contributed by atoms with Crippen molar-refractivity contribution < 1.29 is 4.79 Å². The highest BCUT2D eigenvalue weighted by atomic mass is 16.2. The van der Waals surface area contributed by atoms with Crippen molar-refractivity contribution in [2.75, 3.05) is 13.1 Å². The van der Waals surface area contributed by atoms with Gasteiger partial charge in [-0.3, -0.25) is 4.79 Å². The molecule has 1 fully saturated rings. The van der Waals surface area contributed by atoms with Crippen LogP contribution in [0.4, 0.5) is 0 Å². The number of rotatable bonds is 4. The largest absolute Gasteiger partial charge is 0.336 e. The van der Waals surface area contributed by atoms with Gasteiger partial charge in [0.15, 0.2) is 0 Å². The molecule has 0 spiro atoms. The Kier molecular flexibility index (Phi) is 4.97. The summed E-state index contributed by atoms with van der Waals surface area (Å²) in [6.45, 7) is 6.85. The molecular formula is C16H24N2O. The van der Waals surface area contributed by atoms with Gasteiger partial charge in [-0.1, -0.05) is 30.3 Å². The Morgan fingerprint density at radius 2 is 1.89 bits per heavy atom. The molecule has 1 aromatic carbocycles. The molecule has 1 saturated heterocycles. The number of carbonyl (C=O) groups excluding carboxylic acids is 1. The second kappa shape index (κ2) is 6.71. The maximum Gasteiger partial charge on any atom is 0.226 e. The molecule has 19 heavy (non-hydrogen) atoms. The molecule has 1 amide bonds. The first-order valence-corrected chi connectivity index (χ1v) is 7.23. The highest BCUT2D eigenvalue weighted by Crippen LogP contribution is 2.19. The number of hydrogen-bond donors (Lipinski definition) is 1. The topological polar surface area (TPSA) is 32.3 Å². The zero-order valence-corrected chi connectivity index (χ0v) is 11.9. The molecule has 0 radical (unpaired) electrons. The molecule has 3 nitrogen and oxygen atoms in total. The van der Waals surface area contributed by atoms with Crippen molar-refractivity contribution in [1.29, 1.82) is 0 Å². The van der Waals surface area contributed by atoms with Crippen LogP contribution in [0, 0.1) is 5.92 Å². The number of hydrogen-bond acceptors (Lipinski definition) is 2. The van der Waals surface area contributed by atoms with Crippen LogP contribution in [0.25, 0.3) is 0 Å². The van der Waals surface area contributed by atoms with Crippen LogP contribution in [0.2, 0.25) is 0 Å². The van der Waals surface area contributed by atoms with E-state index in [1.807, 2.05) is 23.1 Å². The Hall–Kier alpha value is -1.35.